The van der Waals surface area contributed by atoms with Crippen LogP contribution in [-0.4, -0.2) is 44.9 Å². The van der Waals surface area contributed by atoms with Crippen LogP contribution >= 0.6 is 0 Å². The monoisotopic (exact) mass is 216 g/mol. The zero-order chi connectivity index (χ0) is 11.3. The Bertz CT molecular complexity index is 211. The third-order valence-electron chi connectivity index (χ3n) is 2.77. The average Bonchev–Trinajstić information content (AvgIpc) is 2.65. The Morgan fingerprint density at radius 3 is 2.87 bits per heavy atom. The van der Waals surface area contributed by atoms with Gasteiger partial charge in [0.1, 0.15) is 6.04 Å². The first-order chi connectivity index (χ1) is 7.19. The van der Waals surface area contributed by atoms with Crippen LogP contribution < -0.4 is 11.1 Å². The van der Waals surface area contributed by atoms with Crippen LogP contribution in [0.25, 0.3) is 0 Å². The number of nitrogens with one attached hydrogen (secondary N) is 1. The van der Waals surface area contributed by atoms with Gasteiger partial charge in [-0.3, -0.25) is 4.79 Å². The van der Waals surface area contributed by atoms with E-state index in [1.165, 1.54) is 7.11 Å². The highest BCUT2D eigenvalue weighted by atomic mass is 16.5. The van der Waals surface area contributed by atoms with Crippen LogP contribution in [-0.2, 0) is 14.3 Å². The van der Waals surface area contributed by atoms with Gasteiger partial charge >= 0.3 is 0 Å². The van der Waals surface area contributed by atoms with Crippen LogP contribution in [0.2, 0.25) is 0 Å². The quantitative estimate of drug-likeness (QED) is 0.658. The minimum atomic E-state index is -0.590. The Morgan fingerprint density at radius 2 is 2.27 bits per heavy atom. The summed E-state index contributed by atoms with van der Waals surface area (Å²) >= 11 is 0. The van der Waals surface area contributed by atoms with E-state index in [9.17, 15) is 4.79 Å². The molecule has 88 valence electrons. The van der Waals surface area contributed by atoms with Crippen molar-refractivity contribution in [1.29, 1.82) is 0 Å². The molecule has 1 amide bonds. The molecule has 1 aliphatic rings. The smallest absolute Gasteiger partial charge is 0.239 e. The van der Waals surface area contributed by atoms with Crippen molar-refractivity contribution in [3.8, 4) is 0 Å². The molecule has 0 aromatic carbocycles. The molecule has 0 heterocycles. The van der Waals surface area contributed by atoms with E-state index in [4.69, 9.17) is 15.2 Å². The maximum atomic E-state index is 11.6. The summed E-state index contributed by atoms with van der Waals surface area (Å²) in [5, 5.41) is 2.90. The van der Waals surface area contributed by atoms with Crippen molar-refractivity contribution in [2.45, 2.75) is 37.5 Å². The number of nitrogens with two attached hydrogens (primary N) is 1. The summed E-state index contributed by atoms with van der Waals surface area (Å²) in [6, 6.07) is -0.487. The van der Waals surface area contributed by atoms with E-state index < -0.39 is 6.04 Å². The van der Waals surface area contributed by atoms with Gasteiger partial charge in [0.15, 0.2) is 0 Å². The molecule has 1 aliphatic carbocycles. The zero-order valence-electron chi connectivity index (χ0n) is 9.36. The number of carbonyl (C=O) groups excluding carboxylic acids is 1. The molecule has 0 spiro atoms. The number of carbonyl (C=O) groups is 1. The number of methoxy groups -OCH3 is 2. The number of amides is 1. The van der Waals surface area contributed by atoms with E-state index in [1.54, 1.807) is 7.11 Å². The standard InChI is InChI=1S/C10H20N2O3/c1-14-6-7(11)10(13)12-8-4-3-5-9(8)15-2/h7-9H,3-6,11H2,1-2H3,(H,12,13). The van der Waals surface area contributed by atoms with Crippen molar-refractivity contribution in [3.05, 3.63) is 0 Å². The molecule has 5 nitrogen and oxygen atoms in total. The third kappa shape index (κ3) is 3.44. The summed E-state index contributed by atoms with van der Waals surface area (Å²) in [6.45, 7) is 0.246. The Morgan fingerprint density at radius 1 is 1.53 bits per heavy atom. The van der Waals surface area contributed by atoms with Gasteiger partial charge in [0.2, 0.25) is 5.91 Å². The lowest BCUT2D eigenvalue weighted by molar-refractivity contribution is -0.124. The molecule has 0 saturated heterocycles. The molecular weight excluding hydrogens is 196 g/mol. The molecule has 0 aromatic heterocycles. The molecule has 5 heteroatoms. The van der Waals surface area contributed by atoms with Crippen LogP contribution in [0, 0.1) is 0 Å². The van der Waals surface area contributed by atoms with E-state index >= 15 is 0 Å². The Labute approximate surface area is 90.3 Å². The summed E-state index contributed by atoms with van der Waals surface area (Å²) < 4.78 is 10.1. The predicted octanol–water partition coefficient (Wildman–Crippen LogP) is -0.356. The zero-order valence-corrected chi connectivity index (χ0v) is 9.36. The van der Waals surface area contributed by atoms with Gasteiger partial charge in [-0.2, -0.15) is 0 Å². The van der Waals surface area contributed by atoms with E-state index in [0.717, 1.165) is 19.3 Å². The van der Waals surface area contributed by atoms with Gasteiger partial charge in [-0.25, -0.2) is 0 Å². The van der Waals surface area contributed by atoms with Crippen LogP contribution in [0.4, 0.5) is 0 Å². The summed E-state index contributed by atoms with van der Waals surface area (Å²) in [5.74, 6) is -0.161. The van der Waals surface area contributed by atoms with Crippen molar-refractivity contribution < 1.29 is 14.3 Å². The lowest BCUT2D eigenvalue weighted by Gasteiger charge is -2.21. The minimum Gasteiger partial charge on any atom is -0.383 e. The van der Waals surface area contributed by atoms with Gasteiger partial charge < -0.3 is 20.5 Å². The van der Waals surface area contributed by atoms with Gasteiger partial charge in [0.05, 0.1) is 18.8 Å². The fraction of sp³-hybridized carbons (Fsp3) is 0.900. The molecule has 15 heavy (non-hydrogen) atoms. The Balaban J connectivity index is 2.36. The molecular formula is C10H20N2O3. The predicted molar refractivity (Wildman–Crippen MR) is 56.4 cm³/mol. The van der Waals surface area contributed by atoms with Crippen LogP contribution in [0.1, 0.15) is 19.3 Å². The molecule has 1 fully saturated rings. The first kappa shape index (κ1) is 12.4. The Hall–Kier alpha value is -0.650. The molecule has 3 N–H and O–H groups in total. The summed E-state index contributed by atoms with van der Waals surface area (Å²) in [7, 11) is 3.20. The molecule has 1 saturated carbocycles. The molecule has 1 rings (SSSR count). The molecule has 0 aliphatic heterocycles. The second-order valence-corrected chi connectivity index (χ2v) is 3.88. The third-order valence-corrected chi connectivity index (χ3v) is 2.77. The first-order valence-electron chi connectivity index (χ1n) is 5.26. The molecule has 0 aromatic rings. The maximum Gasteiger partial charge on any atom is 0.239 e. The fourth-order valence-electron chi connectivity index (χ4n) is 1.92. The van der Waals surface area contributed by atoms with Crippen molar-refractivity contribution in [1.82, 2.24) is 5.32 Å². The second-order valence-electron chi connectivity index (χ2n) is 3.88. The fourth-order valence-corrected chi connectivity index (χ4v) is 1.92. The normalized spacial score (nSPS) is 27.7. The lowest BCUT2D eigenvalue weighted by atomic mass is 10.2. The van der Waals surface area contributed by atoms with E-state index in [1.807, 2.05) is 0 Å². The highest BCUT2D eigenvalue weighted by Gasteiger charge is 2.29. The van der Waals surface area contributed by atoms with E-state index in [-0.39, 0.29) is 24.7 Å². The van der Waals surface area contributed by atoms with Crippen molar-refractivity contribution >= 4 is 5.91 Å². The SMILES string of the molecule is COCC(N)C(=O)NC1CCCC1OC. The highest BCUT2D eigenvalue weighted by molar-refractivity contribution is 5.82. The van der Waals surface area contributed by atoms with Crippen LogP contribution in [0.3, 0.4) is 0 Å². The summed E-state index contributed by atoms with van der Waals surface area (Å²) in [6.07, 6.45) is 3.18. The topological polar surface area (TPSA) is 73.6 Å². The van der Waals surface area contributed by atoms with Gasteiger partial charge in [-0.15, -0.1) is 0 Å². The second kappa shape index (κ2) is 6.05. The number of rotatable bonds is 5. The largest absolute Gasteiger partial charge is 0.383 e. The first-order valence-corrected chi connectivity index (χ1v) is 5.26. The number of hydrogen-bond donors (Lipinski definition) is 2. The van der Waals surface area contributed by atoms with Crippen molar-refractivity contribution in [2.75, 3.05) is 20.8 Å². The minimum absolute atomic E-state index is 0.102. The van der Waals surface area contributed by atoms with Gasteiger partial charge in [0.25, 0.3) is 0 Å². The van der Waals surface area contributed by atoms with Crippen LogP contribution in [0.5, 0.6) is 0 Å². The summed E-state index contributed by atoms with van der Waals surface area (Å²) in [5.41, 5.74) is 5.61. The lowest BCUT2D eigenvalue weighted by Crippen LogP contribution is -2.49. The number of ether oxygens (including phenoxy) is 2. The van der Waals surface area contributed by atoms with E-state index in [2.05, 4.69) is 5.32 Å². The molecule has 0 radical (unpaired) electrons. The molecule has 0 bridgehead atoms. The van der Waals surface area contributed by atoms with Crippen molar-refractivity contribution in [2.24, 2.45) is 5.73 Å². The van der Waals surface area contributed by atoms with Gasteiger partial charge in [-0.1, -0.05) is 0 Å². The highest BCUT2D eigenvalue weighted by Crippen LogP contribution is 2.21. The summed E-state index contributed by atoms with van der Waals surface area (Å²) in [4.78, 5) is 11.6. The van der Waals surface area contributed by atoms with E-state index in [0.29, 0.717) is 0 Å². The average molecular weight is 216 g/mol. The van der Waals surface area contributed by atoms with Crippen LogP contribution in [0.15, 0.2) is 0 Å². The van der Waals surface area contributed by atoms with Gasteiger partial charge in [-0.05, 0) is 19.3 Å². The molecule has 3 unspecified atom stereocenters. The van der Waals surface area contributed by atoms with Crippen molar-refractivity contribution in [3.63, 3.8) is 0 Å². The maximum absolute atomic E-state index is 11.6. The number of hydrogen-bond acceptors (Lipinski definition) is 4. The molecule has 3 atom stereocenters. The Kier molecular flexibility index (Phi) is 5.01. The van der Waals surface area contributed by atoms with Gasteiger partial charge in [0, 0.05) is 14.2 Å².